The quantitative estimate of drug-likeness (QED) is 0.365. The minimum Gasteiger partial charge on any atom is -0.490 e. The van der Waals surface area contributed by atoms with Gasteiger partial charge in [-0.05, 0) is 54.3 Å². The second-order valence-corrected chi connectivity index (χ2v) is 8.55. The van der Waals surface area contributed by atoms with Gasteiger partial charge in [0.1, 0.15) is 19.0 Å². The van der Waals surface area contributed by atoms with Gasteiger partial charge in [0.2, 0.25) is 5.91 Å². The molecule has 5 nitrogen and oxygen atoms in total. The van der Waals surface area contributed by atoms with Crippen LogP contribution in [0.25, 0.3) is 0 Å². The molecule has 1 unspecified atom stereocenters. The molecule has 1 atom stereocenters. The summed E-state index contributed by atoms with van der Waals surface area (Å²) < 4.78 is 11.4. The van der Waals surface area contributed by atoms with Crippen LogP contribution in [-0.4, -0.2) is 25.7 Å². The van der Waals surface area contributed by atoms with Crippen LogP contribution in [-0.2, 0) is 17.8 Å². The van der Waals surface area contributed by atoms with Gasteiger partial charge < -0.3 is 20.5 Å². The number of aryl methyl sites for hydroxylation is 1. The SMILES string of the molecule is Cc1cc(Cl)c(OCCOc2ccc(CC(CN)C(=O)NCc3ccccc3)cc2)c(Cl)c1. The van der Waals surface area contributed by atoms with Gasteiger partial charge >= 0.3 is 0 Å². The fourth-order valence-corrected chi connectivity index (χ4v) is 4.05. The molecule has 174 valence electrons. The maximum Gasteiger partial charge on any atom is 0.224 e. The Morgan fingerprint density at radius 2 is 1.58 bits per heavy atom. The highest BCUT2D eigenvalue weighted by molar-refractivity contribution is 6.37. The molecule has 0 saturated carbocycles. The summed E-state index contributed by atoms with van der Waals surface area (Å²) >= 11 is 12.4. The zero-order chi connectivity index (χ0) is 23.6. The third kappa shape index (κ3) is 7.67. The number of hydrogen-bond donors (Lipinski definition) is 2. The summed E-state index contributed by atoms with van der Waals surface area (Å²) in [5.74, 6) is 0.827. The van der Waals surface area contributed by atoms with E-state index in [-0.39, 0.29) is 18.4 Å². The summed E-state index contributed by atoms with van der Waals surface area (Å²) in [5.41, 5.74) is 8.90. The molecule has 0 radical (unpaired) electrons. The van der Waals surface area contributed by atoms with E-state index >= 15 is 0 Å². The largest absolute Gasteiger partial charge is 0.490 e. The molecule has 3 rings (SSSR count). The molecule has 3 aromatic rings. The van der Waals surface area contributed by atoms with Gasteiger partial charge in [-0.3, -0.25) is 4.79 Å². The van der Waals surface area contributed by atoms with E-state index in [0.29, 0.717) is 47.7 Å². The number of amides is 1. The zero-order valence-corrected chi connectivity index (χ0v) is 20.0. The Bertz CT molecular complexity index is 1020. The molecule has 0 heterocycles. The standard InChI is InChI=1S/C26H28Cl2N2O3/c1-18-13-23(27)25(24(28)14-18)33-12-11-32-22-9-7-19(8-10-22)15-21(16-29)26(31)30-17-20-5-3-2-4-6-20/h2-10,13-14,21H,11-12,15-17,29H2,1H3,(H,30,31). The van der Waals surface area contributed by atoms with Crippen molar-refractivity contribution in [3.63, 3.8) is 0 Å². The average molecular weight is 487 g/mol. The maximum atomic E-state index is 12.5. The van der Waals surface area contributed by atoms with Gasteiger partial charge in [-0.1, -0.05) is 65.7 Å². The van der Waals surface area contributed by atoms with Gasteiger partial charge in [0, 0.05) is 13.1 Å². The molecule has 1 amide bonds. The van der Waals surface area contributed by atoms with Crippen molar-refractivity contribution in [3.05, 3.63) is 93.5 Å². The first-order valence-electron chi connectivity index (χ1n) is 10.8. The van der Waals surface area contributed by atoms with Crippen molar-refractivity contribution in [2.45, 2.75) is 19.9 Å². The molecule has 0 aromatic heterocycles. The Labute approximate surface area is 204 Å². The van der Waals surface area contributed by atoms with Gasteiger partial charge in [-0.15, -0.1) is 0 Å². The van der Waals surface area contributed by atoms with Crippen LogP contribution in [0.1, 0.15) is 16.7 Å². The van der Waals surface area contributed by atoms with Gasteiger partial charge in [0.15, 0.2) is 5.75 Å². The average Bonchev–Trinajstić information content (AvgIpc) is 2.81. The lowest BCUT2D eigenvalue weighted by atomic mass is 9.98. The van der Waals surface area contributed by atoms with E-state index in [1.165, 1.54) is 0 Å². The minimum absolute atomic E-state index is 0.0488. The summed E-state index contributed by atoms with van der Waals surface area (Å²) in [6, 6.07) is 21.0. The maximum absolute atomic E-state index is 12.5. The Morgan fingerprint density at radius 1 is 0.939 bits per heavy atom. The molecule has 0 saturated heterocycles. The summed E-state index contributed by atoms with van der Waals surface area (Å²) in [5, 5.41) is 3.92. The summed E-state index contributed by atoms with van der Waals surface area (Å²) in [6.45, 7) is 3.33. The third-order valence-electron chi connectivity index (χ3n) is 5.11. The second kappa shape index (κ2) is 12.5. The molecule has 0 aliphatic carbocycles. The van der Waals surface area contributed by atoms with Crippen LogP contribution in [0.2, 0.25) is 10.0 Å². The first kappa shape index (κ1) is 24.9. The first-order chi connectivity index (χ1) is 16.0. The van der Waals surface area contributed by atoms with Gasteiger partial charge in [-0.2, -0.15) is 0 Å². The van der Waals surface area contributed by atoms with E-state index in [1.807, 2.05) is 61.5 Å². The van der Waals surface area contributed by atoms with Crippen molar-refractivity contribution in [3.8, 4) is 11.5 Å². The lowest BCUT2D eigenvalue weighted by Crippen LogP contribution is -2.35. The van der Waals surface area contributed by atoms with Crippen LogP contribution in [0.15, 0.2) is 66.7 Å². The van der Waals surface area contributed by atoms with E-state index < -0.39 is 0 Å². The van der Waals surface area contributed by atoms with Crippen molar-refractivity contribution >= 4 is 29.1 Å². The van der Waals surface area contributed by atoms with E-state index in [1.54, 1.807) is 12.1 Å². The molecular weight excluding hydrogens is 459 g/mol. The van der Waals surface area contributed by atoms with Crippen molar-refractivity contribution in [2.75, 3.05) is 19.8 Å². The molecule has 0 spiro atoms. The Hall–Kier alpha value is -2.73. The minimum atomic E-state index is -0.294. The molecular formula is C26H28Cl2N2O3. The summed E-state index contributed by atoms with van der Waals surface area (Å²) in [4.78, 5) is 12.5. The summed E-state index contributed by atoms with van der Waals surface area (Å²) in [7, 11) is 0. The Kier molecular flexibility index (Phi) is 9.43. The molecule has 33 heavy (non-hydrogen) atoms. The number of halogens is 2. The van der Waals surface area contributed by atoms with E-state index in [2.05, 4.69) is 5.32 Å². The number of carbonyl (C=O) groups is 1. The predicted octanol–water partition coefficient (Wildman–Crippen LogP) is 5.19. The fraction of sp³-hybridized carbons (Fsp3) is 0.269. The third-order valence-corrected chi connectivity index (χ3v) is 5.67. The Balaban J connectivity index is 1.44. The van der Waals surface area contributed by atoms with Crippen LogP contribution in [0.4, 0.5) is 0 Å². The lowest BCUT2D eigenvalue weighted by Gasteiger charge is -2.15. The zero-order valence-electron chi connectivity index (χ0n) is 18.5. The van der Waals surface area contributed by atoms with Crippen molar-refractivity contribution < 1.29 is 14.3 Å². The van der Waals surface area contributed by atoms with Crippen LogP contribution in [0.3, 0.4) is 0 Å². The van der Waals surface area contributed by atoms with Gasteiger partial charge in [0.25, 0.3) is 0 Å². The van der Waals surface area contributed by atoms with Crippen molar-refractivity contribution in [2.24, 2.45) is 11.7 Å². The summed E-state index contributed by atoms with van der Waals surface area (Å²) in [6.07, 6.45) is 0.560. The predicted molar refractivity (Wildman–Crippen MR) is 133 cm³/mol. The highest BCUT2D eigenvalue weighted by Gasteiger charge is 2.17. The molecule has 0 aliphatic rings. The van der Waals surface area contributed by atoms with Gasteiger partial charge in [0.05, 0.1) is 16.0 Å². The highest BCUT2D eigenvalue weighted by Crippen LogP contribution is 2.33. The molecule has 7 heteroatoms. The Morgan fingerprint density at radius 3 is 2.21 bits per heavy atom. The van der Waals surface area contributed by atoms with E-state index in [0.717, 1.165) is 16.7 Å². The number of rotatable bonds is 11. The second-order valence-electron chi connectivity index (χ2n) is 7.74. The lowest BCUT2D eigenvalue weighted by molar-refractivity contribution is -0.124. The van der Waals surface area contributed by atoms with E-state index in [9.17, 15) is 4.79 Å². The van der Waals surface area contributed by atoms with Gasteiger partial charge in [-0.25, -0.2) is 0 Å². The molecule has 0 fully saturated rings. The fourth-order valence-electron chi connectivity index (χ4n) is 3.35. The van der Waals surface area contributed by atoms with Crippen LogP contribution in [0, 0.1) is 12.8 Å². The molecule has 0 aliphatic heterocycles. The number of carbonyl (C=O) groups excluding carboxylic acids is 1. The van der Waals surface area contributed by atoms with E-state index in [4.69, 9.17) is 38.4 Å². The normalized spacial score (nSPS) is 11.6. The smallest absolute Gasteiger partial charge is 0.224 e. The molecule has 0 bridgehead atoms. The first-order valence-corrected chi connectivity index (χ1v) is 11.5. The number of nitrogens with two attached hydrogens (primary N) is 1. The topological polar surface area (TPSA) is 73.6 Å². The molecule has 3 aromatic carbocycles. The van der Waals surface area contributed by atoms with Crippen molar-refractivity contribution in [1.29, 1.82) is 0 Å². The highest BCUT2D eigenvalue weighted by atomic mass is 35.5. The van der Waals surface area contributed by atoms with Crippen molar-refractivity contribution in [1.82, 2.24) is 5.32 Å². The number of benzene rings is 3. The number of nitrogens with one attached hydrogen (secondary N) is 1. The van der Waals surface area contributed by atoms with Crippen LogP contribution >= 0.6 is 23.2 Å². The molecule has 3 N–H and O–H groups in total. The van der Waals surface area contributed by atoms with Crippen LogP contribution < -0.4 is 20.5 Å². The number of ether oxygens (including phenoxy) is 2. The van der Waals surface area contributed by atoms with Crippen LogP contribution in [0.5, 0.6) is 11.5 Å². The number of hydrogen-bond acceptors (Lipinski definition) is 4. The monoisotopic (exact) mass is 486 g/mol.